The fraction of sp³-hybridized carbons (Fsp3) is 0. The van der Waals surface area contributed by atoms with Crippen molar-refractivity contribution in [2.24, 2.45) is 0 Å². The molecule has 0 saturated heterocycles. The molecule has 0 aliphatic heterocycles. The predicted octanol–water partition coefficient (Wildman–Crippen LogP) is 21.2. The molecule has 0 N–H and O–H groups in total. The molecule has 0 amide bonds. The van der Waals surface area contributed by atoms with Crippen molar-refractivity contribution in [3.63, 3.8) is 0 Å². The number of hydrogen-bond acceptors (Lipinski definition) is 4. The first kappa shape index (κ1) is 52.6. The third-order valence-corrected chi connectivity index (χ3v) is 17.9. The van der Waals surface area contributed by atoms with Crippen LogP contribution in [0.4, 0.5) is 0 Å². The zero-order valence-electron chi connectivity index (χ0n) is 49.1. The molecule has 0 radical (unpaired) electrons. The topological polar surface area (TPSA) is 88.2 Å². The van der Waals surface area contributed by atoms with Gasteiger partial charge in [0, 0.05) is 71.5 Å². The average Bonchev–Trinajstić information content (AvgIpc) is 1.64. The van der Waals surface area contributed by atoms with E-state index in [-0.39, 0.29) is 0 Å². The Kier molecular flexibility index (Phi) is 12.5. The fourth-order valence-electron chi connectivity index (χ4n) is 13.7. The molecular weight excluding hydrogens is 1110 g/mol. The van der Waals surface area contributed by atoms with Gasteiger partial charge in [-0.3, -0.25) is 0 Å². The van der Waals surface area contributed by atoms with Crippen molar-refractivity contribution in [2.75, 3.05) is 0 Å². The fourth-order valence-corrected chi connectivity index (χ4v) is 13.7. The first-order chi connectivity index (χ1) is 45.0. The van der Waals surface area contributed by atoms with Gasteiger partial charge in [0.15, 0.2) is 5.82 Å². The van der Waals surface area contributed by atoms with Gasteiger partial charge in [0.05, 0.1) is 73.4 Å². The van der Waals surface area contributed by atoms with Crippen molar-refractivity contribution in [1.29, 1.82) is 10.5 Å². The number of nitriles is 2. The van der Waals surface area contributed by atoms with Gasteiger partial charge in [-0.15, -0.1) is 0 Å². The summed E-state index contributed by atoms with van der Waals surface area (Å²) in [5.41, 5.74) is 23.1. The average molecular weight is 1160 g/mol. The molecule has 0 spiro atoms. The van der Waals surface area contributed by atoms with Gasteiger partial charge in [0.1, 0.15) is 0 Å². The standard InChI is InChI=1S/C84H51N7/c85-52-54-17-15-23-60(45-54)62-37-43-81-73(47-62)74-48-63(61-24-16-18-55(46-61)53-86)38-44-82(74)91(81)83-71(56-33-39-65(40-34-56)89-77-29-11-7-25-67(77)68-26-8-12-30-78(68)89)49-64(84-87-75(58-19-3-1-4-20-58)51-76(88-84)59-21-5-2-6-22-59)50-72(83)57-35-41-66(42-36-57)90-79-31-13-9-27-69(79)70-28-10-14-32-80(70)90/h1-51H. The minimum Gasteiger partial charge on any atom is -0.309 e. The van der Waals surface area contributed by atoms with Gasteiger partial charge < -0.3 is 13.7 Å². The third-order valence-electron chi connectivity index (χ3n) is 17.9. The summed E-state index contributed by atoms with van der Waals surface area (Å²) < 4.78 is 7.18. The molecule has 91 heavy (non-hydrogen) atoms. The highest BCUT2D eigenvalue weighted by molar-refractivity contribution is 6.14. The summed E-state index contributed by atoms with van der Waals surface area (Å²) in [5.74, 6) is 0.591. The van der Waals surface area contributed by atoms with Gasteiger partial charge in [-0.2, -0.15) is 10.5 Å². The number of nitrogens with zero attached hydrogens (tertiary/aromatic N) is 7. The van der Waals surface area contributed by atoms with E-state index in [1.807, 2.05) is 48.5 Å². The predicted molar refractivity (Wildman–Crippen MR) is 373 cm³/mol. The van der Waals surface area contributed by atoms with E-state index >= 15 is 0 Å². The number of aromatic nitrogens is 5. The van der Waals surface area contributed by atoms with Crippen molar-refractivity contribution in [1.82, 2.24) is 23.7 Å². The van der Waals surface area contributed by atoms with E-state index in [0.29, 0.717) is 17.0 Å². The Morgan fingerprint density at radius 1 is 0.242 bits per heavy atom. The smallest absolute Gasteiger partial charge is 0.160 e. The van der Waals surface area contributed by atoms with E-state index in [9.17, 15) is 10.5 Å². The third kappa shape index (κ3) is 8.96. The monoisotopic (exact) mass is 1160 g/mol. The molecule has 7 nitrogen and oxygen atoms in total. The quantitative estimate of drug-likeness (QED) is 0.136. The van der Waals surface area contributed by atoms with Gasteiger partial charge in [-0.1, -0.05) is 194 Å². The molecule has 422 valence electrons. The van der Waals surface area contributed by atoms with Crippen LogP contribution in [0.1, 0.15) is 11.1 Å². The second kappa shape index (κ2) is 21.6. The molecule has 0 aliphatic rings. The Morgan fingerprint density at radius 3 is 0.978 bits per heavy atom. The lowest BCUT2D eigenvalue weighted by Crippen LogP contribution is -2.03. The summed E-state index contributed by atoms with van der Waals surface area (Å²) in [6, 6.07) is 114. The Balaban J connectivity index is 0.978. The Bertz CT molecular complexity index is 5380. The molecule has 4 aromatic heterocycles. The zero-order chi connectivity index (χ0) is 60.5. The zero-order valence-corrected chi connectivity index (χ0v) is 49.1. The van der Waals surface area contributed by atoms with Crippen LogP contribution in [0, 0.1) is 22.7 Å². The first-order valence-electron chi connectivity index (χ1n) is 30.5. The summed E-state index contributed by atoms with van der Waals surface area (Å²) in [4.78, 5) is 11.0. The van der Waals surface area contributed by atoms with Gasteiger partial charge >= 0.3 is 0 Å². The SMILES string of the molecule is N#Cc1cccc(-c2ccc3c(c2)c2cc(-c4cccc(C#N)c4)ccc2n3-c2c(-c3ccc(-n4c5ccccc5c5ccccc54)cc3)cc(-c3nc(-c4ccccc4)cc(-c4ccccc4)n3)cc2-c2ccc(-n3c4ccccc4c4ccccc43)cc2)c1. The lowest BCUT2D eigenvalue weighted by atomic mass is 9.92. The molecule has 17 aromatic rings. The maximum atomic E-state index is 10.1. The van der Waals surface area contributed by atoms with E-state index in [0.717, 1.165) is 134 Å². The van der Waals surface area contributed by atoms with Crippen LogP contribution in [-0.4, -0.2) is 23.7 Å². The van der Waals surface area contributed by atoms with Crippen molar-refractivity contribution in [3.05, 3.63) is 321 Å². The molecule has 0 unspecified atom stereocenters. The number of fused-ring (bicyclic) bond motifs is 9. The van der Waals surface area contributed by atoms with Crippen molar-refractivity contribution >= 4 is 65.4 Å². The van der Waals surface area contributed by atoms with Crippen molar-refractivity contribution < 1.29 is 0 Å². The molecule has 0 aliphatic carbocycles. The normalized spacial score (nSPS) is 11.5. The van der Waals surface area contributed by atoms with Crippen molar-refractivity contribution in [3.8, 4) is 108 Å². The van der Waals surface area contributed by atoms with Crippen LogP contribution < -0.4 is 0 Å². The van der Waals surface area contributed by atoms with Crippen LogP contribution in [-0.2, 0) is 0 Å². The highest BCUT2D eigenvalue weighted by atomic mass is 15.0. The maximum absolute atomic E-state index is 10.1. The largest absolute Gasteiger partial charge is 0.309 e. The molecule has 0 bridgehead atoms. The second-order valence-electron chi connectivity index (χ2n) is 23.1. The summed E-state index contributed by atoms with van der Waals surface area (Å²) in [7, 11) is 0. The molecular formula is C84H51N7. The molecule has 0 fully saturated rings. The number of hydrogen-bond donors (Lipinski definition) is 0. The Morgan fingerprint density at radius 2 is 0.582 bits per heavy atom. The van der Waals surface area contributed by atoms with Crippen LogP contribution >= 0.6 is 0 Å². The summed E-state index contributed by atoms with van der Waals surface area (Å²) in [6.45, 7) is 0. The highest BCUT2D eigenvalue weighted by Gasteiger charge is 2.25. The summed E-state index contributed by atoms with van der Waals surface area (Å²) in [5, 5.41) is 27.1. The minimum absolute atomic E-state index is 0.591. The lowest BCUT2D eigenvalue weighted by Gasteiger charge is -2.22. The van der Waals surface area contributed by atoms with E-state index in [2.05, 4.69) is 287 Å². The van der Waals surface area contributed by atoms with Crippen LogP contribution in [0.5, 0.6) is 0 Å². The summed E-state index contributed by atoms with van der Waals surface area (Å²) in [6.07, 6.45) is 0. The second-order valence-corrected chi connectivity index (χ2v) is 23.1. The maximum Gasteiger partial charge on any atom is 0.160 e. The van der Waals surface area contributed by atoms with E-state index in [1.165, 1.54) is 21.5 Å². The Hall–Kier alpha value is -12.7. The lowest BCUT2D eigenvalue weighted by molar-refractivity contribution is 1.16. The first-order valence-corrected chi connectivity index (χ1v) is 30.5. The molecule has 13 aromatic carbocycles. The number of benzene rings is 13. The van der Waals surface area contributed by atoms with Crippen LogP contribution in [0.15, 0.2) is 309 Å². The van der Waals surface area contributed by atoms with Gasteiger partial charge in [0.25, 0.3) is 0 Å². The van der Waals surface area contributed by atoms with Gasteiger partial charge in [-0.05, 0) is 149 Å². The highest BCUT2D eigenvalue weighted by Crippen LogP contribution is 2.47. The van der Waals surface area contributed by atoms with Crippen LogP contribution in [0.2, 0.25) is 0 Å². The van der Waals surface area contributed by atoms with Gasteiger partial charge in [-0.25, -0.2) is 9.97 Å². The van der Waals surface area contributed by atoms with E-state index in [4.69, 9.17) is 9.97 Å². The summed E-state index contributed by atoms with van der Waals surface area (Å²) >= 11 is 0. The van der Waals surface area contributed by atoms with Crippen LogP contribution in [0.25, 0.3) is 161 Å². The molecule has 4 heterocycles. The number of rotatable bonds is 10. The Labute approximate surface area is 524 Å². The van der Waals surface area contributed by atoms with Gasteiger partial charge in [0.2, 0.25) is 0 Å². The van der Waals surface area contributed by atoms with E-state index < -0.39 is 0 Å². The minimum atomic E-state index is 0.591. The van der Waals surface area contributed by atoms with Crippen molar-refractivity contribution in [2.45, 2.75) is 0 Å². The number of para-hydroxylation sites is 4. The molecule has 7 heteroatoms. The molecule has 17 rings (SSSR count). The van der Waals surface area contributed by atoms with Crippen LogP contribution in [0.3, 0.4) is 0 Å². The molecule has 0 atom stereocenters. The molecule has 0 saturated carbocycles. The van der Waals surface area contributed by atoms with E-state index in [1.54, 1.807) is 0 Å².